The van der Waals surface area contributed by atoms with E-state index in [9.17, 15) is 0 Å². The smallest absolute Gasteiger partial charge is 0.179 e. The van der Waals surface area contributed by atoms with E-state index in [1.165, 1.54) is 37.9 Å². The van der Waals surface area contributed by atoms with E-state index < -0.39 is 0 Å². The molecule has 0 radical (unpaired) electrons. The van der Waals surface area contributed by atoms with Crippen LogP contribution in [-0.2, 0) is 0 Å². The lowest BCUT2D eigenvalue weighted by atomic mass is 9.91. The van der Waals surface area contributed by atoms with Gasteiger partial charge in [0.25, 0.3) is 0 Å². The van der Waals surface area contributed by atoms with Gasteiger partial charge in [0.15, 0.2) is 5.82 Å². The van der Waals surface area contributed by atoms with Gasteiger partial charge in [0.05, 0.1) is 16.9 Å². The third-order valence-electron chi connectivity index (χ3n) is 8.86. The van der Waals surface area contributed by atoms with Crippen LogP contribution in [0.4, 0.5) is 0 Å². The van der Waals surface area contributed by atoms with Crippen LogP contribution >= 0.6 is 0 Å². The number of pyridine rings is 1. The van der Waals surface area contributed by atoms with Crippen LogP contribution in [0.5, 0.6) is 0 Å². The molecule has 9 rings (SSSR count). The molecule has 2 aromatic heterocycles. The third-order valence-corrected chi connectivity index (χ3v) is 8.86. The van der Waals surface area contributed by atoms with Crippen molar-refractivity contribution in [2.45, 2.75) is 0 Å². The van der Waals surface area contributed by atoms with Crippen LogP contribution < -0.4 is 0 Å². The van der Waals surface area contributed by atoms with Crippen molar-refractivity contribution in [2.24, 2.45) is 0 Å². The largest absolute Gasteiger partial charge is 0.244 e. The molecule has 0 aliphatic rings. The predicted octanol–water partition coefficient (Wildman–Crippen LogP) is 11.2. The van der Waals surface area contributed by atoms with Crippen LogP contribution in [0.25, 0.3) is 88.4 Å². The Labute approximate surface area is 266 Å². The van der Waals surface area contributed by atoms with Gasteiger partial charge >= 0.3 is 0 Å². The summed E-state index contributed by atoms with van der Waals surface area (Å²) in [5.41, 5.74) is 7.78. The summed E-state index contributed by atoms with van der Waals surface area (Å²) in [7, 11) is 0. The second-order valence-electron chi connectivity index (χ2n) is 11.6. The molecular weight excluding hydrogens is 558 g/mol. The highest BCUT2D eigenvalue weighted by Gasteiger charge is 2.14. The van der Waals surface area contributed by atoms with E-state index in [-0.39, 0.29) is 0 Å². The van der Waals surface area contributed by atoms with Crippen molar-refractivity contribution >= 4 is 43.2 Å². The molecule has 9 aromatic rings. The molecule has 0 fully saturated rings. The monoisotopic (exact) mass is 585 g/mol. The molecule has 0 atom stereocenters. The van der Waals surface area contributed by atoms with Crippen LogP contribution in [0.1, 0.15) is 0 Å². The lowest BCUT2D eigenvalue weighted by Crippen LogP contribution is -1.97. The Kier molecular flexibility index (Phi) is 6.14. The van der Waals surface area contributed by atoms with E-state index in [2.05, 4.69) is 121 Å². The van der Waals surface area contributed by atoms with E-state index in [1.807, 2.05) is 42.5 Å². The summed E-state index contributed by atoms with van der Waals surface area (Å²) < 4.78 is 0. The molecule has 0 spiro atoms. The fraction of sp³-hybridized carbons (Fsp3) is 0. The Hall–Kier alpha value is -6.19. The molecule has 7 aromatic carbocycles. The molecular formula is C43H27N3. The maximum Gasteiger partial charge on any atom is 0.179 e. The molecule has 0 aliphatic heterocycles. The zero-order valence-corrected chi connectivity index (χ0v) is 24.9. The Morgan fingerprint density at radius 3 is 1.61 bits per heavy atom. The first-order valence-corrected chi connectivity index (χ1v) is 15.5. The number of benzene rings is 7. The quantitative estimate of drug-likeness (QED) is 0.193. The molecule has 0 saturated heterocycles. The molecule has 3 nitrogen and oxygen atoms in total. The summed E-state index contributed by atoms with van der Waals surface area (Å²) in [6.45, 7) is 0. The Morgan fingerprint density at radius 1 is 0.283 bits per heavy atom. The number of fused-ring (bicyclic) bond motifs is 7. The topological polar surface area (TPSA) is 38.7 Å². The van der Waals surface area contributed by atoms with E-state index in [0.29, 0.717) is 5.82 Å². The van der Waals surface area contributed by atoms with Gasteiger partial charge in [-0.05, 0) is 73.8 Å². The van der Waals surface area contributed by atoms with Crippen LogP contribution in [0.3, 0.4) is 0 Å². The van der Waals surface area contributed by atoms with Gasteiger partial charge in [0.2, 0.25) is 0 Å². The summed E-state index contributed by atoms with van der Waals surface area (Å²) in [4.78, 5) is 15.0. The summed E-state index contributed by atoms with van der Waals surface area (Å²) in [5.74, 6) is 0.608. The molecule has 46 heavy (non-hydrogen) atoms. The zero-order chi connectivity index (χ0) is 30.5. The van der Waals surface area contributed by atoms with Gasteiger partial charge in [-0.1, -0.05) is 133 Å². The van der Waals surface area contributed by atoms with Gasteiger partial charge < -0.3 is 0 Å². The Balaban J connectivity index is 1.20. The van der Waals surface area contributed by atoms with Gasteiger partial charge in [-0.25, -0.2) is 15.0 Å². The maximum absolute atomic E-state index is 5.09. The molecule has 0 unspecified atom stereocenters. The van der Waals surface area contributed by atoms with Crippen LogP contribution in [0.15, 0.2) is 164 Å². The van der Waals surface area contributed by atoms with Crippen molar-refractivity contribution in [1.82, 2.24) is 15.0 Å². The van der Waals surface area contributed by atoms with E-state index >= 15 is 0 Å². The highest BCUT2D eigenvalue weighted by Crippen LogP contribution is 2.38. The fourth-order valence-corrected chi connectivity index (χ4v) is 6.60. The van der Waals surface area contributed by atoms with Crippen LogP contribution in [0, 0.1) is 0 Å². The lowest BCUT2D eigenvalue weighted by Gasteiger charge is -2.13. The fourth-order valence-electron chi connectivity index (χ4n) is 6.60. The van der Waals surface area contributed by atoms with Crippen LogP contribution in [0.2, 0.25) is 0 Å². The minimum Gasteiger partial charge on any atom is -0.244 e. The highest BCUT2D eigenvalue weighted by molar-refractivity contribution is 6.25. The van der Waals surface area contributed by atoms with Crippen molar-refractivity contribution < 1.29 is 0 Å². The molecule has 0 saturated carbocycles. The van der Waals surface area contributed by atoms with Crippen molar-refractivity contribution in [3.63, 3.8) is 0 Å². The SMILES string of the molecule is c1ccc(-c2cc(-c3cccc(-c4ccc5c6ccccc6c6ccccc6c5c4)c3)nc(-c3ccc4ccccc4n3)n2)cc1. The second kappa shape index (κ2) is 10.8. The number of hydrogen-bond acceptors (Lipinski definition) is 3. The van der Waals surface area contributed by atoms with Gasteiger partial charge in [0.1, 0.15) is 5.69 Å². The molecule has 3 heteroatoms. The molecule has 0 aliphatic carbocycles. The number of hydrogen-bond donors (Lipinski definition) is 0. The number of para-hydroxylation sites is 1. The average molecular weight is 586 g/mol. The predicted molar refractivity (Wildman–Crippen MR) is 192 cm³/mol. The summed E-state index contributed by atoms with van der Waals surface area (Å²) in [6.07, 6.45) is 0. The summed E-state index contributed by atoms with van der Waals surface area (Å²) >= 11 is 0. The van der Waals surface area contributed by atoms with Crippen LogP contribution in [-0.4, -0.2) is 15.0 Å². The first-order valence-electron chi connectivity index (χ1n) is 15.5. The van der Waals surface area contributed by atoms with Gasteiger partial charge in [-0.2, -0.15) is 0 Å². The van der Waals surface area contributed by atoms with Crippen molar-refractivity contribution in [3.05, 3.63) is 164 Å². The molecule has 2 heterocycles. The van der Waals surface area contributed by atoms with E-state index in [0.717, 1.165) is 44.7 Å². The van der Waals surface area contributed by atoms with E-state index in [4.69, 9.17) is 15.0 Å². The summed E-state index contributed by atoms with van der Waals surface area (Å²) in [6, 6.07) is 57.5. The maximum atomic E-state index is 5.09. The number of nitrogens with zero attached hydrogens (tertiary/aromatic N) is 3. The van der Waals surface area contributed by atoms with Gasteiger partial charge in [0, 0.05) is 16.5 Å². The highest BCUT2D eigenvalue weighted by atomic mass is 14.9. The Bertz CT molecular complexity index is 2550. The average Bonchev–Trinajstić information content (AvgIpc) is 3.15. The normalized spacial score (nSPS) is 11.5. The second-order valence-corrected chi connectivity index (χ2v) is 11.6. The Morgan fingerprint density at radius 2 is 0.848 bits per heavy atom. The lowest BCUT2D eigenvalue weighted by molar-refractivity contribution is 1.16. The van der Waals surface area contributed by atoms with Crippen molar-refractivity contribution in [1.29, 1.82) is 0 Å². The minimum atomic E-state index is 0.608. The summed E-state index contributed by atoms with van der Waals surface area (Å²) in [5, 5.41) is 8.73. The standard InChI is InChI=1S/C43H27N3/c1-2-11-28(12-3-1)41-27-42(46-43(45-41)40-24-22-29-13-4-9-20-39(29)44-40)32-15-10-14-30(25-32)31-21-23-37-35-18-6-5-16-33(35)34-17-7-8-19-36(34)38(37)26-31/h1-27H. The molecule has 0 N–H and O–H groups in total. The molecule has 0 amide bonds. The number of rotatable bonds is 4. The van der Waals surface area contributed by atoms with Gasteiger partial charge in [-0.15, -0.1) is 0 Å². The zero-order valence-electron chi connectivity index (χ0n) is 24.9. The van der Waals surface area contributed by atoms with Crippen molar-refractivity contribution in [3.8, 4) is 45.2 Å². The molecule has 0 bridgehead atoms. The first kappa shape index (κ1) is 26.2. The minimum absolute atomic E-state index is 0.608. The number of aromatic nitrogens is 3. The van der Waals surface area contributed by atoms with Crippen molar-refractivity contribution in [2.75, 3.05) is 0 Å². The third kappa shape index (κ3) is 4.49. The first-order chi connectivity index (χ1) is 22.8. The van der Waals surface area contributed by atoms with Gasteiger partial charge in [-0.3, -0.25) is 0 Å². The van der Waals surface area contributed by atoms with E-state index in [1.54, 1.807) is 0 Å². The molecule has 214 valence electrons.